The molecule has 90 valence electrons. The maximum atomic E-state index is 13.4. The molecule has 0 spiro atoms. The number of halogens is 2. The molecule has 1 atom stereocenters. The summed E-state index contributed by atoms with van der Waals surface area (Å²) >= 11 is 5.82. The van der Waals surface area contributed by atoms with Gasteiger partial charge >= 0.3 is 0 Å². The van der Waals surface area contributed by atoms with E-state index in [-0.39, 0.29) is 10.6 Å². The largest absolute Gasteiger partial charge is 0.321 e. The van der Waals surface area contributed by atoms with Gasteiger partial charge in [0.05, 0.1) is 27.6 Å². The quantitative estimate of drug-likeness (QED) is 0.861. The fourth-order valence-corrected chi connectivity index (χ4v) is 2.70. The maximum absolute atomic E-state index is 13.4. The minimum atomic E-state index is -1.46. The van der Waals surface area contributed by atoms with Crippen LogP contribution in [0, 0.1) is 5.82 Å². The van der Waals surface area contributed by atoms with E-state index in [2.05, 4.69) is 4.98 Å². The number of hydrogen-bond donors (Lipinski definition) is 0. The van der Waals surface area contributed by atoms with Crippen molar-refractivity contribution >= 4 is 22.4 Å². The van der Waals surface area contributed by atoms with E-state index in [1.165, 1.54) is 18.3 Å². The van der Waals surface area contributed by atoms with Gasteiger partial charge in [-0.15, -0.1) is 0 Å². The fraction of sp³-hybridized carbons (Fsp3) is 0.182. The normalized spacial score (nSPS) is 12.6. The SMILES string of the molecule is Cn1c(Cl)cnc1CS(=O)c1ccccc1F. The zero-order valence-corrected chi connectivity index (χ0v) is 10.6. The van der Waals surface area contributed by atoms with Crippen LogP contribution in [0.4, 0.5) is 4.39 Å². The summed E-state index contributed by atoms with van der Waals surface area (Å²) in [6.07, 6.45) is 1.48. The van der Waals surface area contributed by atoms with E-state index in [1.54, 1.807) is 23.7 Å². The van der Waals surface area contributed by atoms with Crippen LogP contribution in [0.3, 0.4) is 0 Å². The molecule has 0 fully saturated rings. The van der Waals surface area contributed by atoms with Gasteiger partial charge in [-0.05, 0) is 12.1 Å². The maximum Gasteiger partial charge on any atom is 0.139 e. The highest BCUT2D eigenvalue weighted by Crippen LogP contribution is 2.17. The van der Waals surface area contributed by atoms with E-state index in [0.29, 0.717) is 11.0 Å². The first kappa shape index (κ1) is 12.3. The van der Waals surface area contributed by atoms with E-state index in [0.717, 1.165) is 0 Å². The molecule has 1 aromatic heterocycles. The Balaban J connectivity index is 2.23. The molecule has 6 heteroatoms. The van der Waals surface area contributed by atoms with Gasteiger partial charge in [0, 0.05) is 7.05 Å². The first-order chi connectivity index (χ1) is 8.09. The van der Waals surface area contributed by atoms with E-state index in [9.17, 15) is 8.60 Å². The zero-order chi connectivity index (χ0) is 12.4. The molecule has 2 aromatic rings. The first-order valence-corrected chi connectivity index (χ1v) is 6.58. The van der Waals surface area contributed by atoms with Gasteiger partial charge in [-0.3, -0.25) is 4.21 Å². The second-order valence-corrected chi connectivity index (χ2v) is 5.28. The van der Waals surface area contributed by atoms with E-state index < -0.39 is 16.6 Å². The van der Waals surface area contributed by atoms with Crippen LogP contribution in [0.5, 0.6) is 0 Å². The molecule has 0 aliphatic rings. The highest BCUT2D eigenvalue weighted by molar-refractivity contribution is 7.84. The smallest absolute Gasteiger partial charge is 0.139 e. The molecule has 1 aromatic carbocycles. The Morgan fingerprint density at radius 1 is 1.47 bits per heavy atom. The van der Waals surface area contributed by atoms with Gasteiger partial charge in [0.15, 0.2) is 0 Å². The summed E-state index contributed by atoms with van der Waals surface area (Å²) in [5.74, 6) is 0.243. The summed E-state index contributed by atoms with van der Waals surface area (Å²) in [5.41, 5.74) is 0. The van der Waals surface area contributed by atoms with Crippen molar-refractivity contribution < 1.29 is 8.60 Å². The van der Waals surface area contributed by atoms with Gasteiger partial charge in [-0.2, -0.15) is 0 Å². The van der Waals surface area contributed by atoms with E-state index in [1.807, 2.05) is 0 Å². The van der Waals surface area contributed by atoms with Crippen LogP contribution in [-0.2, 0) is 23.6 Å². The highest BCUT2D eigenvalue weighted by atomic mass is 35.5. The van der Waals surface area contributed by atoms with Crippen LogP contribution in [0.25, 0.3) is 0 Å². The summed E-state index contributed by atoms with van der Waals surface area (Å²) in [7, 11) is 0.266. The number of benzene rings is 1. The Morgan fingerprint density at radius 2 is 2.18 bits per heavy atom. The molecule has 1 heterocycles. The number of aromatic nitrogens is 2. The molecule has 1 unspecified atom stereocenters. The lowest BCUT2D eigenvalue weighted by Crippen LogP contribution is -2.05. The van der Waals surface area contributed by atoms with Crippen molar-refractivity contribution in [3.05, 3.63) is 47.3 Å². The highest BCUT2D eigenvalue weighted by Gasteiger charge is 2.13. The second-order valence-electron chi connectivity index (χ2n) is 3.48. The number of nitrogens with zero attached hydrogens (tertiary/aromatic N) is 2. The topological polar surface area (TPSA) is 34.9 Å². The van der Waals surface area contributed by atoms with Gasteiger partial charge in [0.25, 0.3) is 0 Å². The van der Waals surface area contributed by atoms with Crippen LogP contribution in [0.15, 0.2) is 35.4 Å². The number of imidazole rings is 1. The van der Waals surface area contributed by atoms with Crippen molar-refractivity contribution in [3.63, 3.8) is 0 Å². The van der Waals surface area contributed by atoms with Gasteiger partial charge in [0.1, 0.15) is 16.8 Å². The minimum absolute atomic E-state index is 0.143. The summed E-state index contributed by atoms with van der Waals surface area (Å²) < 4.78 is 27.0. The third kappa shape index (κ3) is 2.56. The monoisotopic (exact) mass is 272 g/mol. The molecular formula is C11H10ClFN2OS. The average Bonchev–Trinajstić information content (AvgIpc) is 2.61. The molecule has 3 nitrogen and oxygen atoms in total. The van der Waals surface area contributed by atoms with Crippen molar-refractivity contribution in [1.82, 2.24) is 9.55 Å². The van der Waals surface area contributed by atoms with Gasteiger partial charge in [0.2, 0.25) is 0 Å². The van der Waals surface area contributed by atoms with E-state index >= 15 is 0 Å². The molecule has 0 radical (unpaired) electrons. The predicted octanol–water partition coefficient (Wildman–Crippen LogP) is 2.52. The van der Waals surface area contributed by atoms with Crippen molar-refractivity contribution in [2.75, 3.05) is 0 Å². The van der Waals surface area contributed by atoms with Crippen LogP contribution in [0.1, 0.15) is 5.82 Å². The summed E-state index contributed by atoms with van der Waals surface area (Å²) in [6.45, 7) is 0. The van der Waals surface area contributed by atoms with Crippen molar-refractivity contribution in [1.29, 1.82) is 0 Å². The summed E-state index contributed by atoms with van der Waals surface area (Å²) in [5, 5.41) is 0.463. The molecule has 0 aliphatic heterocycles. The Kier molecular flexibility index (Phi) is 3.59. The predicted molar refractivity (Wildman–Crippen MR) is 64.7 cm³/mol. The van der Waals surface area contributed by atoms with Gasteiger partial charge in [-0.25, -0.2) is 9.37 Å². The van der Waals surface area contributed by atoms with Crippen molar-refractivity contribution in [3.8, 4) is 0 Å². The lowest BCUT2D eigenvalue weighted by Gasteiger charge is -2.04. The molecule has 0 N–H and O–H groups in total. The number of rotatable bonds is 3. The van der Waals surface area contributed by atoms with Crippen LogP contribution >= 0.6 is 11.6 Å². The zero-order valence-electron chi connectivity index (χ0n) is 9.06. The lowest BCUT2D eigenvalue weighted by molar-refractivity contribution is 0.595. The van der Waals surface area contributed by atoms with E-state index in [4.69, 9.17) is 11.6 Å². The summed E-state index contributed by atoms with van der Waals surface area (Å²) in [4.78, 5) is 4.21. The van der Waals surface area contributed by atoms with Crippen LogP contribution in [-0.4, -0.2) is 13.8 Å². The third-order valence-corrected chi connectivity index (χ3v) is 4.06. The van der Waals surface area contributed by atoms with Crippen molar-refractivity contribution in [2.45, 2.75) is 10.6 Å². The third-order valence-electron chi connectivity index (χ3n) is 2.37. The molecule has 0 saturated heterocycles. The van der Waals surface area contributed by atoms with Crippen LogP contribution < -0.4 is 0 Å². The molecule has 0 saturated carbocycles. The number of hydrogen-bond acceptors (Lipinski definition) is 2. The Labute approximate surface area is 106 Å². The Hall–Kier alpha value is -1.20. The Morgan fingerprint density at radius 3 is 2.76 bits per heavy atom. The first-order valence-electron chi connectivity index (χ1n) is 4.88. The Bertz CT molecular complexity index is 570. The van der Waals surface area contributed by atoms with Crippen molar-refractivity contribution in [2.24, 2.45) is 7.05 Å². The molecule has 17 heavy (non-hydrogen) atoms. The van der Waals surface area contributed by atoms with Gasteiger partial charge in [-0.1, -0.05) is 23.7 Å². The minimum Gasteiger partial charge on any atom is -0.321 e. The second kappa shape index (κ2) is 4.98. The molecule has 0 aliphatic carbocycles. The standard InChI is InChI=1S/C11H10ClFN2OS/c1-15-10(12)6-14-11(15)7-17(16)9-5-3-2-4-8(9)13/h2-6H,7H2,1H3. The molecular weight excluding hydrogens is 263 g/mol. The molecule has 0 amide bonds. The average molecular weight is 273 g/mol. The van der Waals surface area contributed by atoms with Gasteiger partial charge < -0.3 is 4.57 Å². The fourth-order valence-electron chi connectivity index (χ4n) is 1.38. The summed E-state index contributed by atoms with van der Waals surface area (Å²) in [6, 6.07) is 6.02. The van der Waals surface area contributed by atoms with Crippen LogP contribution in [0.2, 0.25) is 5.15 Å². The lowest BCUT2D eigenvalue weighted by atomic mass is 10.3. The molecule has 0 bridgehead atoms. The molecule has 2 rings (SSSR count).